The van der Waals surface area contributed by atoms with E-state index in [0.29, 0.717) is 0 Å². The van der Waals surface area contributed by atoms with Gasteiger partial charge in [-0.3, -0.25) is 4.79 Å². The first-order valence-corrected chi connectivity index (χ1v) is 5.03. The number of ether oxygens (including phenoxy) is 1. The van der Waals surface area contributed by atoms with E-state index in [-0.39, 0.29) is 11.9 Å². The van der Waals surface area contributed by atoms with Crippen molar-refractivity contribution in [3.05, 3.63) is 35.9 Å². The highest BCUT2D eigenvalue weighted by molar-refractivity contribution is 5.82. The molecule has 0 bridgehead atoms. The lowest BCUT2D eigenvalue weighted by Crippen LogP contribution is -2.35. The highest BCUT2D eigenvalue weighted by Gasteiger charge is 2.19. The minimum atomic E-state index is -0.520. The van der Waals surface area contributed by atoms with E-state index < -0.39 is 6.10 Å². The van der Waals surface area contributed by atoms with Crippen molar-refractivity contribution in [2.45, 2.75) is 26.0 Å². The number of carbonyl (C=O) groups excluding carboxylic acids is 1. The molecule has 0 spiro atoms. The van der Waals surface area contributed by atoms with Crippen LogP contribution in [-0.4, -0.2) is 19.1 Å². The van der Waals surface area contributed by atoms with Crippen LogP contribution in [0.3, 0.4) is 0 Å². The lowest BCUT2D eigenvalue weighted by atomic mass is 10.1. The fraction of sp³-hybridized carbons (Fsp3) is 0.417. The number of nitrogens with one attached hydrogen (secondary N) is 1. The molecule has 0 aliphatic carbocycles. The van der Waals surface area contributed by atoms with Gasteiger partial charge in [0, 0.05) is 13.2 Å². The first kappa shape index (κ1) is 11.7. The van der Waals surface area contributed by atoms with E-state index in [2.05, 4.69) is 5.32 Å². The van der Waals surface area contributed by atoms with Gasteiger partial charge in [0.15, 0.2) is 6.10 Å². The Labute approximate surface area is 90.4 Å². The third kappa shape index (κ3) is 3.36. The maximum atomic E-state index is 11.7. The largest absolute Gasteiger partial charge is 0.367 e. The summed E-state index contributed by atoms with van der Waals surface area (Å²) in [7, 11) is 1.54. The van der Waals surface area contributed by atoms with Crippen LogP contribution in [0.1, 0.15) is 25.5 Å². The fourth-order valence-corrected chi connectivity index (χ4v) is 1.38. The first-order chi connectivity index (χ1) is 7.15. The van der Waals surface area contributed by atoms with Gasteiger partial charge in [-0.1, -0.05) is 30.3 Å². The zero-order valence-corrected chi connectivity index (χ0v) is 9.36. The quantitative estimate of drug-likeness (QED) is 0.819. The van der Waals surface area contributed by atoms with Gasteiger partial charge in [0.25, 0.3) is 5.91 Å². The van der Waals surface area contributed by atoms with Crippen molar-refractivity contribution in [1.82, 2.24) is 5.32 Å². The fourth-order valence-electron chi connectivity index (χ4n) is 1.38. The molecule has 1 unspecified atom stereocenters. The van der Waals surface area contributed by atoms with Gasteiger partial charge >= 0.3 is 0 Å². The van der Waals surface area contributed by atoms with Crippen molar-refractivity contribution in [2.24, 2.45) is 0 Å². The van der Waals surface area contributed by atoms with Gasteiger partial charge in [0.1, 0.15) is 0 Å². The molecule has 0 heterocycles. The summed E-state index contributed by atoms with van der Waals surface area (Å²) < 4.78 is 5.19. The molecule has 15 heavy (non-hydrogen) atoms. The summed E-state index contributed by atoms with van der Waals surface area (Å²) in [6.07, 6.45) is -0.520. The molecule has 0 aliphatic heterocycles. The number of benzene rings is 1. The zero-order valence-electron chi connectivity index (χ0n) is 9.36. The average Bonchev–Trinajstić information content (AvgIpc) is 2.19. The van der Waals surface area contributed by atoms with Crippen LogP contribution in [0.25, 0.3) is 0 Å². The number of hydrogen-bond acceptors (Lipinski definition) is 2. The van der Waals surface area contributed by atoms with E-state index in [1.54, 1.807) is 0 Å². The van der Waals surface area contributed by atoms with Crippen molar-refractivity contribution in [2.75, 3.05) is 7.11 Å². The number of methoxy groups -OCH3 is 1. The minimum Gasteiger partial charge on any atom is -0.367 e. The molecule has 82 valence electrons. The SMILES string of the molecule is COC(C(=O)NC(C)C)c1ccccc1. The highest BCUT2D eigenvalue weighted by Crippen LogP contribution is 2.16. The molecule has 3 nitrogen and oxygen atoms in total. The van der Waals surface area contributed by atoms with Crippen molar-refractivity contribution in [3.63, 3.8) is 0 Å². The molecule has 1 aromatic carbocycles. The van der Waals surface area contributed by atoms with E-state index in [9.17, 15) is 4.79 Å². The van der Waals surface area contributed by atoms with Gasteiger partial charge in [0.05, 0.1) is 0 Å². The summed E-state index contributed by atoms with van der Waals surface area (Å²) in [6.45, 7) is 3.85. The Morgan fingerprint density at radius 2 is 1.87 bits per heavy atom. The van der Waals surface area contributed by atoms with Crippen LogP contribution in [0.15, 0.2) is 30.3 Å². The Morgan fingerprint density at radius 1 is 1.27 bits per heavy atom. The third-order valence-electron chi connectivity index (χ3n) is 2.01. The summed E-state index contributed by atoms with van der Waals surface area (Å²) in [5.41, 5.74) is 0.873. The summed E-state index contributed by atoms with van der Waals surface area (Å²) in [6, 6.07) is 9.59. The number of amides is 1. The predicted molar refractivity (Wildman–Crippen MR) is 59.5 cm³/mol. The molecule has 0 radical (unpaired) electrons. The summed E-state index contributed by atoms with van der Waals surface area (Å²) in [5.74, 6) is -0.0984. The zero-order chi connectivity index (χ0) is 11.3. The van der Waals surface area contributed by atoms with E-state index in [4.69, 9.17) is 4.74 Å². The Balaban J connectivity index is 2.76. The van der Waals surface area contributed by atoms with Gasteiger partial charge in [-0.15, -0.1) is 0 Å². The summed E-state index contributed by atoms with van der Waals surface area (Å²) >= 11 is 0. The molecule has 3 heteroatoms. The monoisotopic (exact) mass is 207 g/mol. The molecule has 0 fully saturated rings. The lowest BCUT2D eigenvalue weighted by Gasteiger charge is -2.17. The molecular formula is C12H17NO2. The standard InChI is InChI=1S/C12H17NO2/c1-9(2)13-12(14)11(15-3)10-7-5-4-6-8-10/h4-9,11H,1-3H3,(H,13,14). The lowest BCUT2D eigenvalue weighted by molar-refractivity contribution is -0.131. The Morgan fingerprint density at radius 3 is 2.33 bits per heavy atom. The maximum Gasteiger partial charge on any atom is 0.253 e. The van der Waals surface area contributed by atoms with Crippen molar-refractivity contribution in [3.8, 4) is 0 Å². The van der Waals surface area contributed by atoms with Crippen LogP contribution in [0.5, 0.6) is 0 Å². The van der Waals surface area contributed by atoms with Crippen LogP contribution in [0.2, 0.25) is 0 Å². The van der Waals surface area contributed by atoms with Crippen molar-refractivity contribution in [1.29, 1.82) is 0 Å². The van der Waals surface area contributed by atoms with Gasteiger partial charge < -0.3 is 10.1 Å². The minimum absolute atomic E-state index is 0.0984. The normalized spacial score (nSPS) is 12.5. The molecule has 1 rings (SSSR count). The topological polar surface area (TPSA) is 38.3 Å². The molecule has 1 aromatic rings. The van der Waals surface area contributed by atoms with Crippen molar-refractivity contribution < 1.29 is 9.53 Å². The van der Waals surface area contributed by atoms with Crippen molar-refractivity contribution >= 4 is 5.91 Å². The number of rotatable bonds is 4. The average molecular weight is 207 g/mol. The number of hydrogen-bond donors (Lipinski definition) is 1. The molecule has 0 saturated heterocycles. The second-order valence-electron chi connectivity index (χ2n) is 3.69. The second kappa shape index (κ2) is 5.51. The van der Waals surface area contributed by atoms with Crippen LogP contribution in [0.4, 0.5) is 0 Å². The second-order valence-corrected chi connectivity index (χ2v) is 3.69. The molecule has 1 amide bonds. The van der Waals surface area contributed by atoms with Gasteiger partial charge in [-0.25, -0.2) is 0 Å². The van der Waals surface area contributed by atoms with Crippen LogP contribution < -0.4 is 5.32 Å². The molecule has 0 aliphatic rings. The molecule has 0 aromatic heterocycles. The van der Waals surface area contributed by atoms with Crippen LogP contribution >= 0.6 is 0 Å². The first-order valence-electron chi connectivity index (χ1n) is 5.03. The van der Waals surface area contributed by atoms with E-state index in [1.165, 1.54) is 7.11 Å². The Hall–Kier alpha value is -1.35. The van der Waals surface area contributed by atoms with Crippen LogP contribution in [-0.2, 0) is 9.53 Å². The smallest absolute Gasteiger partial charge is 0.253 e. The van der Waals surface area contributed by atoms with Gasteiger partial charge in [0.2, 0.25) is 0 Å². The number of carbonyl (C=O) groups is 1. The Kier molecular flexibility index (Phi) is 4.31. The van der Waals surface area contributed by atoms with E-state index >= 15 is 0 Å². The summed E-state index contributed by atoms with van der Waals surface area (Å²) in [4.78, 5) is 11.7. The Bertz CT molecular complexity index is 309. The summed E-state index contributed by atoms with van der Waals surface area (Å²) in [5, 5.41) is 2.83. The third-order valence-corrected chi connectivity index (χ3v) is 2.01. The molecule has 1 atom stereocenters. The van der Waals surface area contributed by atoms with Gasteiger partial charge in [-0.2, -0.15) is 0 Å². The molecule has 0 saturated carbocycles. The van der Waals surface area contributed by atoms with Crippen LogP contribution in [0, 0.1) is 0 Å². The predicted octanol–water partition coefficient (Wildman–Crippen LogP) is 1.90. The molecule has 1 N–H and O–H groups in total. The maximum absolute atomic E-state index is 11.7. The van der Waals surface area contributed by atoms with E-state index in [0.717, 1.165) is 5.56 Å². The molecular weight excluding hydrogens is 190 g/mol. The van der Waals surface area contributed by atoms with E-state index in [1.807, 2.05) is 44.2 Å². The highest BCUT2D eigenvalue weighted by atomic mass is 16.5. The van der Waals surface area contributed by atoms with Gasteiger partial charge in [-0.05, 0) is 19.4 Å².